The highest BCUT2D eigenvalue weighted by molar-refractivity contribution is 5.35. The average Bonchev–Trinajstić information content (AvgIpc) is 2.67. The number of para-hydroxylation sites is 1. The van der Waals surface area contributed by atoms with E-state index in [9.17, 15) is 4.39 Å². The third kappa shape index (κ3) is 3.12. The van der Waals surface area contributed by atoms with Gasteiger partial charge in [0.15, 0.2) is 11.6 Å². The second-order valence-corrected chi connectivity index (χ2v) is 4.45. The minimum Gasteiger partial charge on any atom is -0.484 e. The Morgan fingerprint density at radius 3 is 2.84 bits per heavy atom. The fraction of sp³-hybridized carbons (Fsp3) is 0.357. The van der Waals surface area contributed by atoms with Crippen LogP contribution in [0.4, 0.5) is 4.39 Å². The molecule has 0 spiro atoms. The van der Waals surface area contributed by atoms with Crippen molar-refractivity contribution < 1.29 is 9.13 Å². The molecule has 0 aliphatic heterocycles. The van der Waals surface area contributed by atoms with E-state index in [1.54, 1.807) is 10.7 Å². The van der Waals surface area contributed by atoms with Crippen molar-refractivity contribution in [3.8, 4) is 5.75 Å². The Hall–Kier alpha value is -1.88. The summed E-state index contributed by atoms with van der Waals surface area (Å²) in [7, 11) is 3.67. The quantitative estimate of drug-likeness (QED) is 0.898. The summed E-state index contributed by atoms with van der Waals surface area (Å²) in [6.07, 6.45) is 0. The third-order valence-corrected chi connectivity index (χ3v) is 2.88. The van der Waals surface area contributed by atoms with Gasteiger partial charge in [-0.05, 0) is 26.1 Å². The number of nitrogens with one attached hydrogen (secondary N) is 1. The molecule has 0 aliphatic rings. The van der Waals surface area contributed by atoms with Gasteiger partial charge in [0, 0.05) is 19.2 Å². The number of rotatable bonds is 5. The van der Waals surface area contributed by atoms with Crippen LogP contribution in [0.3, 0.4) is 0 Å². The topological polar surface area (TPSA) is 39.1 Å². The maximum absolute atomic E-state index is 13.8. The molecular weight excluding hydrogens is 245 g/mol. The molecule has 0 saturated carbocycles. The molecule has 2 rings (SSSR count). The number of aryl methyl sites for hydroxylation is 2. The van der Waals surface area contributed by atoms with Crippen molar-refractivity contribution in [1.29, 1.82) is 0 Å². The SMILES string of the molecule is CNCc1cccc(F)c1OCc1cc(C)nn1C. The summed E-state index contributed by atoms with van der Waals surface area (Å²) in [6, 6.07) is 6.87. The first kappa shape index (κ1) is 13.5. The molecule has 0 atom stereocenters. The molecule has 0 aliphatic carbocycles. The largest absolute Gasteiger partial charge is 0.484 e. The van der Waals surface area contributed by atoms with Gasteiger partial charge in [0.05, 0.1) is 11.4 Å². The Balaban J connectivity index is 2.17. The zero-order valence-electron chi connectivity index (χ0n) is 11.4. The predicted octanol–water partition coefficient (Wildman–Crippen LogP) is 2.17. The van der Waals surface area contributed by atoms with Crippen LogP contribution in [-0.4, -0.2) is 16.8 Å². The minimum absolute atomic E-state index is 0.301. The second kappa shape index (κ2) is 5.84. The molecule has 0 fully saturated rings. The highest BCUT2D eigenvalue weighted by Crippen LogP contribution is 2.23. The van der Waals surface area contributed by atoms with Crippen molar-refractivity contribution >= 4 is 0 Å². The maximum Gasteiger partial charge on any atom is 0.165 e. The molecule has 0 unspecified atom stereocenters. The summed E-state index contributed by atoms with van der Waals surface area (Å²) in [5.74, 6) is -0.0395. The highest BCUT2D eigenvalue weighted by Gasteiger charge is 2.11. The molecule has 5 heteroatoms. The van der Waals surface area contributed by atoms with E-state index in [1.807, 2.05) is 33.2 Å². The van der Waals surface area contributed by atoms with E-state index in [1.165, 1.54) is 6.07 Å². The van der Waals surface area contributed by atoms with Crippen LogP contribution in [0, 0.1) is 12.7 Å². The van der Waals surface area contributed by atoms with Gasteiger partial charge in [-0.15, -0.1) is 0 Å². The molecule has 0 amide bonds. The standard InChI is InChI=1S/C14H18FN3O/c1-10-7-12(18(3)17-10)9-19-14-11(8-16-2)5-4-6-13(14)15/h4-7,16H,8-9H2,1-3H3. The van der Waals surface area contributed by atoms with Gasteiger partial charge >= 0.3 is 0 Å². The van der Waals surface area contributed by atoms with Gasteiger partial charge in [0.25, 0.3) is 0 Å². The van der Waals surface area contributed by atoms with Gasteiger partial charge in [0.2, 0.25) is 0 Å². The maximum atomic E-state index is 13.8. The van der Waals surface area contributed by atoms with Crippen molar-refractivity contribution in [2.45, 2.75) is 20.1 Å². The van der Waals surface area contributed by atoms with E-state index in [0.717, 1.165) is 17.0 Å². The summed E-state index contributed by atoms with van der Waals surface area (Å²) in [4.78, 5) is 0. The number of nitrogens with zero attached hydrogens (tertiary/aromatic N) is 2. The van der Waals surface area contributed by atoms with E-state index >= 15 is 0 Å². The van der Waals surface area contributed by atoms with E-state index in [2.05, 4.69) is 10.4 Å². The Bertz CT molecular complexity index is 566. The van der Waals surface area contributed by atoms with Crippen molar-refractivity contribution in [3.63, 3.8) is 0 Å². The highest BCUT2D eigenvalue weighted by atomic mass is 19.1. The molecule has 2 aromatic rings. The molecule has 1 aromatic heterocycles. The summed E-state index contributed by atoms with van der Waals surface area (Å²) in [6.45, 7) is 2.78. The lowest BCUT2D eigenvalue weighted by atomic mass is 10.2. The van der Waals surface area contributed by atoms with Gasteiger partial charge in [-0.2, -0.15) is 5.10 Å². The number of hydrogen-bond acceptors (Lipinski definition) is 3. The van der Waals surface area contributed by atoms with E-state index in [-0.39, 0.29) is 5.82 Å². The molecule has 102 valence electrons. The number of aromatic nitrogens is 2. The van der Waals surface area contributed by atoms with E-state index in [4.69, 9.17) is 4.74 Å². The van der Waals surface area contributed by atoms with Gasteiger partial charge in [-0.1, -0.05) is 12.1 Å². The van der Waals surface area contributed by atoms with Crippen LogP contribution in [-0.2, 0) is 20.2 Å². The fourth-order valence-electron chi connectivity index (χ4n) is 1.99. The van der Waals surface area contributed by atoms with Crippen LogP contribution < -0.4 is 10.1 Å². The molecule has 0 bridgehead atoms. The lowest BCUT2D eigenvalue weighted by molar-refractivity contribution is 0.276. The van der Waals surface area contributed by atoms with Crippen molar-refractivity contribution in [3.05, 3.63) is 47.0 Å². The van der Waals surface area contributed by atoms with Gasteiger partial charge < -0.3 is 10.1 Å². The Kier molecular flexibility index (Phi) is 4.16. The lowest BCUT2D eigenvalue weighted by Gasteiger charge is -2.12. The molecule has 1 aromatic carbocycles. The summed E-state index contributed by atoms with van der Waals surface area (Å²) < 4.78 is 21.2. The minimum atomic E-state index is -0.341. The molecular formula is C14H18FN3O. The lowest BCUT2D eigenvalue weighted by Crippen LogP contribution is -2.10. The number of hydrogen-bond donors (Lipinski definition) is 1. The Morgan fingerprint density at radius 2 is 2.21 bits per heavy atom. The smallest absolute Gasteiger partial charge is 0.165 e. The fourth-order valence-corrected chi connectivity index (χ4v) is 1.99. The van der Waals surface area contributed by atoms with Crippen molar-refractivity contribution in [2.75, 3.05) is 7.05 Å². The van der Waals surface area contributed by atoms with Gasteiger partial charge in [-0.25, -0.2) is 4.39 Å². The van der Waals surface area contributed by atoms with E-state index < -0.39 is 0 Å². The van der Waals surface area contributed by atoms with Crippen molar-refractivity contribution in [1.82, 2.24) is 15.1 Å². The Labute approximate surface area is 112 Å². The predicted molar refractivity (Wildman–Crippen MR) is 71.4 cm³/mol. The van der Waals surface area contributed by atoms with Crippen LogP contribution in [0.5, 0.6) is 5.75 Å². The third-order valence-electron chi connectivity index (χ3n) is 2.88. The van der Waals surface area contributed by atoms with Gasteiger partial charge in [0.1, 0.15) is 6.61 Å². The summed E-state index contributed by atoms with van der Waals surface area (Å²) in [5, 5.41) is 7.24. The first-order valence-corrected chi connectivity index (χ1v) is 6.16. The molecule has 19 heavy (non-hydrogen) atoms. The monoisotopic (exact) mass is 263 g/mol. The van der Waals surface area contributed by atoms with Crippen molar-refractivity contribution in [2.24, 2.45) is 7.05 Å². The van der Waals surface area contributed by atoms with E-state index in [0.29, 0.717) is 18.9 Å². The van der Waals surface area contributed by atoms with Crippen LogP contribution in [0.2, 0.25) is 0 Å². The molecule has 0 radical (unpaired) electrons. The molecule has 4 nitrogen and oxygen atoms in total. The number of benzene rings is 1. The van der Waals surface area contributed by atoms with Crippen LogP contribution >= 0.6 is 0 Å². The number of halogens is 1. The molecule has 0 saturated heterocycles. The Morgan fingerprint density at radius 1 is 1.42 bits per heavy atom. The zero-order valence-corrected chi connectivity index (χ0v) is 11.4. The van der Waals surface area contributed by atoms with Crippen LogP contribution in [0.15, 0.2) is 24.3 Å². The normalized spacial score (nSPS) is 10.7. The number of ether oxygens (including phenoxy) is 1. The molecule has 1 N–H and O–H groups in total. The second-order valence-electron chi connectivity index (χ2n) is 4.45. The first-order valence-electron chi connectivity index (χ1n) is 6.16. The first-order chi connectivity index (χ1) is 9.11. The summed E-state index contributed by atoms with van der Waals surface area (Å²) in [5.41, 5.74) is 2.64. The zero-order chi connectivity index (χ0) is 13.8. The molecule has 1 heterocycles. The summed E-state index contributed by atoms with van der Waals surface area (Å²) >= 11 is 0. The van der Waals surface area contributed by atoms with Crippen LogP contribution in [0.1, 0.15) is 17.0 Å². The van der Waals surface area contributed by atoms with Crippen LogP contribution in [0.25, 0.3) is 0 Å². The van der Waals surface area contributed by atoms with Gasteiger partial charge in [-0.3, -0.25) is 4.68 Å². The average molecular weight is 263 g/mol.